The van der Waals surface area contributed by atoms with Gasteiger partial charge in [-0.3, -0.25) is 9.59 Å². The second-order valence-corrected chi connectivity index (χ2v) is 6.66. The van der Waals surface area contributed by atoms with E-state index < -0.39 is 17.7 Å². The maximum atomic E-state index is 12.6. The summed E-state index contributed by atoms with van der Waals surface area (Å²) in [5, 5.41) is 11.3. The average Bonchev–Trinajstić information content (AvgIpc) is 2.64. The molecule has 28 heavy (non-hydrogen) atoms. The first kappa shape index (κ1) is 21.7. The van der Waals surface area contributed by atoms with Gasteiger partial charge in [0, 0.05) is 17.2 Å². The molecule has 7 nitrogen and oxygen atoms in total. The molecular weight excluding hydrogens is 405 g/mol. The summed E-state index contributed by atoms with van der Waals surface area (Å²) in [6, 6.07) is 6.73. The lowest BCUT2D eigenvalue weighted by Gasteiger charge is -2.15. The molecule has 9 heteroatoms. The van der Waals surface area contributed by atoms with E-state index in [2.05, 4.69) is 15.5 Å². The molecule has 0 heterocycles. The van der Waals surface area contributed by atoms with Gasteiger partial charge >= 0.3 is 0 Å². The average molecular weight is 424 g/mol. The van der Waals surface area contributed by atoms with Gasteiger partial charge in [-0.15, -0.1) is 0 Å². The van der Waals surface area contributed by atoms with Crippen LogP contribution in [0, 0.1) is 6.92 Å². The maximum Gasteiger partial charge on any atom is 0.258 e. The summed E-state index contributed by atoms with van der Waals surface area (Å²) in [5.41, 5.74) is 1.53. The van der Waals surface area contributed by atoms with Crippen LogP contribution in [-0.4, -0.2) is 32.0 Å². The molecule has 2 aromatic rings. The minimum Gasteiger partial charge on any atom is -0.497 e. The van der Waals surface area contributed by atoms with Crippen LogP contribution in [0.2, 0.25) is 10.0 Å². The van der Waals surface area contributed by atoms with Gasteiger partial charge in [0.25, 0.3) is 5.91 Å². The zero-order chi connectivity index (χ0) is 20.8. The standard InChI is InChI=1S/C19H19Cl2N3O4/c1-10-7-12(5-6-14(10)20)23-24-17(11(2)25)19(26)22-16-9-13(27-3)8-15(21)18(16)28-4/h5-9,17H,1-4H3,(H,22,26). The van der Waals surface area contributed by atoms with E-state index in [0.29, 0.717) is 16.5 Å². The number of halogens is 2. The van der Waals surface area contributed by atoms with Crippen LogP contribution in [0.1, 0.15) is 12.5 Å². The van der Waals surface area contributed by atoms with Gasteiger partial charge in [-0.2, -0.15) is 10.2 Å². The van der Waals surface area contributed by atoms with Crippen LogP contribution in [-0.2, 0) is 9.59 Å². The Labute approximate surface area is 172 Å². The number of aryl methyl sites for hydroxylation is 1. The number of carbonyl (C=O) groups is 2. The molecule has 0 aliphatic carbocycles. The Morgan fingerprint density at radius 2 is 1.79 bits per heavy atom. The van der Waals surface area contributed by atoms with Gasteiger partial charge in [0.1, 0.15) is 5.75 Å². The van der Waals surface area contributed by atoms with E-state index in [1.54, 1.807) is 24.3 Å². The van der Waals surface area contributed by atoms with E-state index in [9.17, 15) is 9.59 Å². The van der Waals surface area contributed by atoms with Crippen LogP contribution in [0.25, 0.3) is 0 Å². The van der Waals surface area contributed by atoms with E-state index >= 15 is 0 Å². The number of Topliss-reactive ketones (excluding diaryl/α,β-unsaturated/α-hetero) is 1. The summed E-state index contributed by atoms with van der Waals surface area (Å²) in [7, 11) is 2.87. The number of ether oxygens (including phenoxy) is 2. The molecule has 0 saturated carbocycles. The molecule has 148 valence electrons. The third-order valence-corrected chi connectivity index (χ3v) is 4.48. The quantitative estimate of drug-likeness (QED) is 0.501. The van der Waals surface area contributed by atoms with E-state index in [0.717, 1.165) is 5.56 Å². The Kier molecular flexibility index (Phi) is 7.37. The fraction of sp³-hybridized carbons (Fsp3) is 0.263. The summed E-state index contributed by atoms with van der Waals surface area (Å²) in [5.74, 6) is -0.494. The third-order valence-electron chi connectivity index (χ3n) is 3.78. The molecule has 2 aromatic carbocycles. The van der Waals surface area contributed by atoms with E-state index in [4.69, 9.17) is 32.7 Å². The molecule has 2 rings (SSSR count). The summed E-state index contributed by atoms with van der Waals surface area (Å²) >= 11 is 12.1. The van der Waals surface area contributed by atoms with Crippen molar-refractivity contribution in [3.63, 3.8) is 0 Å². The topological polar surface area (TPSA) is 89.3 Å². The Hall–Kier alpha value is -2.64. The van der Waals surface area contributed by atoms with Crippen LogP contribution < -0.4 is 14.8 Å². The van der Waals surface area contributed by atoms with E-state index in [-0.39, 0.29) is 16.5 Å². The highest BCUT2D eigenvalue weighted by molar-refractivity contribution is 6.33. The van der Waals surface area contributed by atoms with E-state index in [1.807, 2.05) is 6.92 Å². The predicted molar refractivity (Wildman–Crippen MR) is 108 cm³/mol. The lowest BCUT2D eigenvalue weighted by Crippen LogP contribution is -2.32. The molecular formula is C19H19Cl2N3O4. The highest BCUT2D eigenvalue weighted by Gasteiger charge is 2.25. The number of carbonyl (C=O) groups excluding carboxylic acids is 2. The molecule has 1 amide bonds. The lowest BCUT2D eigenvalue weighted by atomic mass is 10.2. The van der Waals surface area contributed by atoms with Gasteiger partial charge in [-0.05, 0) is 37.6 Å². The van der Waals surface area contributed by atoms with Crippen LogP contribution in [0.5, 0.6) is 11.5 Å². The largest absolute Gasteiger partial charge is 0.497 e. The second-order valence-electron chi connectivity index (χ2n) is 5.84. The molecule has 0 spiro atoms. The molecule has 0 aliphatic heterocycles. The second kappa shape index (κ2) is 9.52. The zero-order valence-corrected chi connectivity index (χ0v) is 17.3. The van der Waals surface area contributed by atoms with Crippen molar-refractivity contribution in [1.82, 2.24) is 0 Å². The highest BCUT2D eigenvalue weighted by Crippen LogP contribution is 2.37. The number of azo groups is 1. The van der Waals surface area contributed by atoms with Gasteiger partial charge in [0.05, 0.1) is 30.6 Å². The van der Waals surface area contributed by atoms with Gasteiger partial charge < -0.3 is 14.8 Å². The Morgan fingerprint density at radius 1 is 1.07 bits per heavy atom. The molecule has 0 aliphatic rings. The molecule has 0 saturated heterocycles. The minimum absolute atomic E-state index is 0.239. The van der Waals surface area contributed by atoms with Crippen molar-refractivity contribution < 1.29 is 19.1 Å². The van der Waals surface area contributed by atoms with Crippen molar-refractivity contribution in [2.45, 2.75) is 19.9 Å². The normalized spacial score (nSPS) is 11.9. The van der Waals surface area contributed by atoms with Gasteiger partial charge in [-0.1, -0.05) is 23.2 Å². The number of hydrogen-bond acceptors (Lipinski definition) is 6. The minimum atomic E-state index is -1.34. The Balaban J connectivity index is 2.28. The molecule has 0 fully saturated rings. The van der Waals surface area contributed by atoms with E-state index in [1.165, 1.54) is 27.2 Å². The number of ketones is 1. The first-order chi connectivity index (χ1) is 13.3. The number of nitrogens with one attached hydrogen (secondary N) is 1. The van der Waals surface area contributed by atoms with Crippen LogP contribution >= 0.6 is 23.2 Å². The predicted octanol–water partition coefficient (Wildman–Crippen LogP) is 5.00. The van der Waals surface area contributed by atoms with Crippen molar-refractivity contribution in [3.05, 3.63) is 45.9 Å². The summed E-state index contributed by atoms with van der Waals surface area (Å²) in [4.78, 5) is 24.6. The first-order valence-electron chi connectivity index (χ1n) is 8.16. The number of rotatable bonds is 7. The van der Waals surface area contributed by atoms with Gasteiger partial charge in [0.2, 0.25) is 6.04 Å². The van der Waals surface area contributed by atoms with Gasteiger partial charge in [-0.25, -0.2) is 0 Å². The number of amides is 1. The summed E-state index contributed by atoms with van der Waals surface area (Å²) in [6.45, 7) is 3.07. The molecule has 0 radical (unpaired) electrons. The molecule has 0 aromatic heterocycles. The fourth-order valence-corrected chi connectivity index (χ4v) is 2.73. The number of nitrogens with zero attached hydrogens (tertiary/aromatic N) is 2. The van der Waals surface area contributed by atoms with Crippen molar-refractivity contribution in [3.8, 4) is 11.5 Å². The van der Waals surface area contributed by atoms with Gasteiger partial charge in [0.15, 0.2) is 11.5 Å². The van der Waals surface area contributed by atoms with Crippen LogP contribution in [0.3, 0.4) is 0 Å². The van der Waals surface area contributed by atoms with Crippen LogP contribution in [0.15, 0.2) is 40.6 Å². The zero-order valence-electron chi connectivity index (χ0n) is 15.7. The lowest BCUT2D eigenvalue weighted by molar-refractivity contribution is -0.126. The third kappa shape index (κ3) is 5.21. The monoisotopic (exact) mass is 423 g/mol. The summed E-state index contributed by atoms with van der Waals surface area (Å²) < 4.78 is 10.4. The molecule has 0 bridgehead atoms. The number of anilines is 1. The highest BCUT2D eigenvalue weighted by atomic mass is 35.5. The van der Waals surface area contributed by atoms with Crippen molar-refractivity contribution in [2.75, 3.05) is 19.5 Å². The molecule has 1 N–H and O–H groups in total. The Bertz CT molecular complexity index is 932. The van der Waals surface area contributed by atoms with Crippen molar-refractivity contribution in [2.24, 2.45) is 10.2 Å². The Morgan fingerprint density at radius 3 is 2.36 bits per heavy atom. The molecule has 1 atom stereocenters. The smallest absolute Gasteiger partial charge is 0.258 e. The van der Waals surface area contributed by atoms with Crippen molar-refractivity contribution in [1.29, 1.82) is 0 Å². The maximum absolute atomic E-state index is 12.6. The fourth-order valence-electron chi connectivity index (χ4n) is 2.32. The number of methoxy groups -OCH3 is 2. The van der Waals surface area contributed by atoms with Crippen LogP contribution in [0.4, 0.5) is 11.4 Å². The summed E-state index contributed by atoms with van der Waals surface area (Å²) in [6.07, 6.45) is 0. The molecule has 1 unspecified atom stereocenters. The van der Waals surface area contributed by atoms with Crippen molar-refractivity contribution >= 4 is 46.3 Å². The number of hydrogen-bond donors (Lipinski definition) is 1. The number of benzene rings is 2. The first-order valence-corrected chi connectivity index (χ1v) is 8.92. The SMILES string of the molecule is COc1cc(Cl)c(OC)c(NC(=O)C(N=Nc2ccc(Cl)c(C)c2)C(C)=O)c1.